The highest BCUT2D eigenvalue weighted by atomic mass is 32.2. The molecule has 1 aliphatic carbocycles. The molecule has 1 saturated heterocycles. The van der Waals surface area contributed by atoms with Gasteiger partial charge in [-0.05, 0) is 30.7 Å². The van der Waals surface area contributed by atoms with E-state index in [9.17, 15) is 0 Å². The molecule has 0 unspecified atom stereocenters. The number of rotatable bonds is 6. The second kappa shape index (κ2) is 9.28. The summed E-state index contributed by atoms with van der Waals surface area (Å²) in [4.78, 5) is 11.0. The minimum absolute atomic E-state index is 0.353. The summed E-state index contributed by atoms with van der Waals surface area (Å²) in [6.07, 6.45) is 6.50. The van der Waals surface area contributed by atoms with Crippen LogP contribution in [-0.4, -0.2) is 73.1 Å². The molecule has 3 rings (SSSR count). The summed E-state index contributed by atoms with van der Waals surface area (Å²) in [5.41, 5.74) is 0.353. The van der Waals surface area contributed by atoms with Gasteiger partial charge in [-0.3, -0.25) is 9.89 Å². The maximum atomic E-state index is 4.54. The van der Waals surface area contributed by atoms with E-state index >= 15 is 0 Å². The molecule has 6 heteroatoms. The molecule has 0 bridgehead atoms. The van der Waals surface area contributed by atoms with Crippen LogP contribution in [0.15, 0.2) is 22.5 Å². The van der Waals surface area contributed by atoms with Crippen molar-refractivity contribution in [3.05, 3.63) is 22.4 Å². The topological polar surface area (TPSA) is 30.9 Å². The summed E-state index contributed by atoms with van der Waals surface area (Å²) in [5, 5.41) is 5.87. The van der Waals surface area contributed by atoms with E-state index in [4.69, 9.17) is 0 Å². The number of thiophene rings is 1. The van der Waals surface area contributed by atoms with Crippen LogP contribution in [0.3, 0.4) is 0 Å². The van der Waals surface area contributed by atoms with Crippen molar-refractivity contribution in [1.82, 2.24) is 15.1 Å². The van der Waals surface area contributed by atoms with Gasteiger partial charge in [0.25, 0.3) is 0 Å². The Labute approximate surface area is 161 Å². The fraction of sp³-hybridized carbons (Fsp3) is 0.737. The van der Waals surface area contributed by atoms with Gasteiger partial charge in [0.15, 0.2) is 5.96 Å². The van der Waals surface area contributed by atoms with Gasteiger partial charge in [0.1, 0.15) is 0 Å². The first-order valence-corrected chi connectivity index (χ1v) is 11.5. The lowest BCUT2D eigenvalue weighted by Crippen LogP contribution is -2.57. The van der Waals surface area contributed by atoms with Crippen LogP contribution in [-0.2, 0) is 6.42 Å². The van der Waals surface area contributed by atoms with Crippen molar-refractivity contribution in [2.45, 2.75) is 37.6 Å². The van der Waals surface area contributed by atoms with E-state index in [0.717, 1.165) is 25.5 Å². The van der Waals surface area contributed by atoms with Crippen LogP contribution in [0.25, 0.3) is 0 Å². The van der Waals surface area contributed by atoms with E-state index in [2.05, 4.69) is 56.4 Å². The van der Waals surface area contributed by atoms with Gasteiger partial charge in [-0.2, -0.15) is 11.8 Å². The van der Waals surface area contributed by atoms with Gasteiger partial charge in [0, 0.05) is 62.2 Å². The van der Waals surface area contributed by atoms with E-state index in [0.29, 0.717) is 5.54 Å². The fourth-order valence-electron chi connectivity index (χ4n) is 4.14. The third kappa shape index (κ3) is 4.92. The predicted molar refractivity (Wildman–Crippen MR) is 112 cm³/mol. The molecule has 2 aliphatic rings. The second-order valence-electron chi connectivity index (χ2n) is 7.18. The van der Waals surface area contributed by atoms with E-state index in [1.165, 1.54) is 55.2 Å². The van der Waals surface area contributed by atoms with Crippen molar-refractivity contribution in [2.75, 3.05) is 51.8 Å². The zero-order valence-electron chi connectivity index (χ0n) is 15.7. The summed E-state index contributed by atoms with van der Waals surface area (Å²) < 4.78 is 0. The van der Waals surface area contributed by atoms with Gasteiger partial charge in [-0.15, -0.1) is 11.3 Å². The minimum Gasteiger partial charge on any atom is -0.354 e. The van der Waals surface area contributed by atoms with Crippen LogP contribution in [0.2, 0.25) is 0 Å². The molecule has 1 aromatic heterocycles. The SMILES string of the molecule is CN=C(NCC1(N2CCSCC2)CCCC1)N(C)CCc1cccs1. The van der Waals surface area contributed by atoms with Crippen LogP contribution >= 0.6 is 23.1 Å². The van der Waals surface area contributed by atoms with E-state index in [-0.39, 0.29) is 0 Å². The molecule has 1 saturated carbocycles. The van der Waals surface area contributed by atoms with Crippen LogP contribution in [0, 0.1) is 0 Å². The molecule has 4 nitrogen and oxygen atoms in total. The van der Waals surface area contributed by atoms with Gasteiger partial charge < -0.3 is 10.2 Å². The summed E-state index contributed by atoms with van der Waals surface area (Å²) in [6.45, 7) is 4.54. The first kappa shape index (κ1) is 19.1. The zero-order valence-corrected chi connectivity index (χ0v) is 17.3. The third-order valence-electron chi connectivity index (χ3n) is 5.64. The molecule has 0 aromatic carbocycles. The average Bonchev–Trinajstić information content (AvgIpc) is 3.34. The third-order valence-corrected chi connectivity index (χ3v) is 7.52. The van der Waals surface area contributed by atoms with E-state index in [1.807, 2.05) is 18.4 Å². The van der Waals surface area contributed by atoms with Crippen molar-refractivity contribution < 1.29 is 0 Å². The van der Waals surface area contributed by atoms with Crippen LogP contribution in [0.5, 0.6) is 0 Å². The molecule has 25 heavy (non-hydrogen) atoms. The molecule has 0 amide bonds. The molecule has 1 aromatic rings. The van der Waals surface area contributed by atoms with Crippen LogP contribution < -0.4 is 5.32 Å². The zero-order chi connectivity index (χ0) is 17.5. The Morgan fingerprint density at radius 2 is 2.08 bits per heavy atom. The Bertz CT molecular complexity index is 532. The molecule has 0 radical (unpaired) electrons. The largest absolute Gasteiger partial charge is 0.354 e. The fourth-order valence-corrected chi connectivity index (χ4v) is 5.74. The molecular formula is C19H32N4S2. The molecule has 2 heterocycles. The van der Waals surface area contributed by atoms with Crippen LogP contribution in [0.1, 0.15) is 30.6 Å². The average molecular weight is 381 g/mol. The van der Waals surface area contributed by atoms with Crippen molar-refractivity contribution in [1.29, 1.82) is 0 Å². The van der Waals surface area contributed by atoms with Gasteiger partial charge in [-0.25, -0.2) is 0 Å². The maximum absolute atomic E-state index is 4.54. The maximum Gasteiger partial charge on any atom is 0.193 e. The van der Waals surface area contributed by atoms with Crippen molar-refractivity contribution >= 4 is 29.1 Å². The molecule has 0 atom stereocenters. The Morgan fingerprint density at radius 3 is 2.72 bits per heavy atom. The van der Waals surface area contributed by atoms with Gasteiger partial charge in [0.05, 0.1) is 0 Å². The molecular weight excluding hydrogens is 348 g/mol. The highest BCUT2D eigenvalue weighted by molar-refractivity contribution is 7.99. The monoisotopic (exact) mass is 380 g/mol. The quantitative estimate of drug-likeness (QED) is 0.607. The van der Waals surface area contributed by atoms with Crippen molar-refractivity contribution in [2.24, 2.45) is 4.99 Å². The number of aliphatic imine (C=N–C) groups is 1. The molecule has 140 valence electrons. The summed E-state index contributed by atoms with van der Waals surface area (Å²) in [5.74, 6) is 3.61. The highest BCUT2D eigenvalue weighted by Crippen LogP contribution is 2.36. The summed E-state index contributed by atoms with van der Waals surface area (Å²) in [7, 11) is 4.06. The molecule has 1 N–H and O–H groups in total. The lowest BCUT2D eigenvalue weighted by molar-refractivity contribution is 0.106. The number of hydrogen-bond acceptors (Lipinski definition) is 4. The second-order valence-corrected chi connectivity index (χ2v) is 9.44. The Kier molecular flexibility index (Phi) is 7.08. The first-order valence-electron chi connectivity index (χ1n) is 9.50. The minimum atomic E-state index is 0.353. The van der Waals surface area contributed by atoms with E-state index in [1.54, 1.807) is 0 Å². The number of guanidine groups is 1. The number of hydrogen-bond donors (Lipinski definition) is 1. The summed E-state index contributed by atoms with van der Waals surface area (Å²) >= 11 is 3.94. The van der Waals surface area contributed by atoms with E-state index < -0.39 is 0 Å². The number of nitrogens with one attached hydrogen (secondary N) is 1. The van der Waals surface area contributed by atoms with Gasteiger partial charge in [0.2, 0.25) is 0 Å². The Hall–Kier alpha value is -0.720. The standard InChI is InChI=1S/C19H32N4S2/c1-20-18(22(2)10-7-17-6-5-13-25-17)21-16-19(8-3-4-9-19)23-11-14-24-15-12-23/h5-6,13H,3-4,7-12,14-16H2,1-2H3,(H,20,21). The lowest BCUT2D eigenvalue weighted by atomic mass is 9.94. The summed E-state index contributed by atoms with van der Waals surface area (Å²) in [6, 6.07) is 4.35. The number of likely N-dealkylation sites (N-methyl/N-ethyl adjacent to an activating group) is 1. The van der Waals surface area contributed by atoms with Gasteiger partial charge in [-0.1, -0.05) is 18.9 Å². The van der Waals surface area contributed by atoms with Crippen molar-refractivity contribution in [3.8, 4) is 0 Å². The van der Waals surface area contributed by atoms with Crippen molar-refractivity contribution in [3.63, 3.8) is 0 Å². The molecule has 2 fully saturated rings. The Morgan fingerprint density at radius 1 is 1.32 bits per heavy atom. The molecule has 1 aliphatic heterocycles. The lowest BCUT2D eigenvalue weighted by Gasteiger charge is -2.44. The normalized spacial score (nSPS) is 21.4. The van der Waals surface area contributed by atoms with Gasteiger partial charge >= 0.3 is 0 Å². The molecule has 0 spiro atoms. The Balaban J connectivity index is 1.54. The van der Waals surface area contributed by atoms with Crippen LogP contribution in [0.4, 0.5) is 0 Å². The number of thioether (sulfide) groups is 1. The predicted octanol–water partition coefficient (Wildman–Crippen LogP) is 3.16. The number of nitrogens with zero attached hydrogens (tertiary/aromatic N) is 3. The first-order chi connectivity index (χ1) is 12.2. The smallest absolute Gasteiger partial charge is 0.193 e. The highest BCUT2D eigenvalue weighted by Gasteiger charge is 2.40.